The number of carbonyl (C=O) groups is 1. The molecule has 7 heteroatoms. The fraction of sp³-hybridized carbons (Fsp3) is 0.543. The Bertz CT molecular complexity index is 1330. The van der Waals surface area contributed by atoms with Crippen molar-refractivity contribution in [3.05, 3.63) is 89.0 Å². The molecule has 1 aromatic heterocycles. The summed E-state index contributed by atoms with van der Waals surface area (Å²) < 4.78 is 16.4. The van der Waals surface area contributed by atoms with Gasteiger partial charge in [0.1, 0.15) is 11.9 Å². The summed E-state index contributed by atoms with van der Waals surface area (Å²) in [6, 6.07) is 19.3. The number of aryl methyl sites for hydroxylation is 1. The standard InChI is InChI=1S/C35H47FN4O2/c1-5-40-32(22-30(38-40)18-24-10-7-6-8-11-24)25-14-16-39(17-15-25)23-27-20-29(37-33(34(41)42)35(2,3)4)21-31(27)26-12-9-13-28(36)19-26/h6-13,19,22,25,27,29,31,33,37H,5,14-18,20-21,23H2,1-4H3,(H,41,42). The van der Waals surface area contributed by atoms with Crippen LogP contribution >= 0.6 is 0 Å². The van der Waals surface area contributed by atoms with Crippen LogP contribution in [-0.4, -0.2) is 57.5 Å². The van der Waals surface area contributed by atoms with Gasteiger partial charge >= 0.3 is 5.97 Å². The predicted octanol–water partition coefficient (Wildman–Crippen LogP) is 6.46. The number of likely N-dealkylation sites (tertiary alicyclic amines) is 1. The smallest absolute Gasteiger partial charge is 0.321 e. The average molecular weight is 575 g/mol. The van der Waals surface area contributed by atoms with Crippen molar-refractivity contribution in [2.75, 3.05) is 19.6 Å². The van der Waals surface area contributed by atoms with Crippen LogP contribution in [-0.2, 0) is 17.8 Å². The molecule has 4 atom stereocenters. The summed E-state index contributed by atoms with van der Waals surface area (Å²) in [5.74, 6) is 0.0222. The maximum absolute atomic E-state index is 14.3. The monoisotopic (exact) mass is 574 g/mol. The number of carboxylic acids is 1. The second kappa shape index (κ2) is 13.1. The fourth-order valence-electron chi connectivity index (χ4n) is 7.24. The maximum atomic E-state index is 14.3. The van der Waals surface area contributed by atoms with E-state index in [-0.39, 0.29) is 17.8 Å². The Hall–Kier alpha value is -3.03. The molecule has 0 bridgehead atoms. The Kier molecular flexibility index (Phi) is 9.48. The first-order valence-corrected chi connectivity index (χ1v) is 15.7. The first kappa shape index (κ1) is 30.4. The van der Waals surface area contributed by atoms with Crippen LogP contribution in [0.25, 0.3) is 0 Å². The number of hydrogen-bond acceptors (Lipinski definition) is 4. The van der Waals surface area contributed by atoms with Gasteiger partial charge in [0.2, 0.25) is 0 Å². The van der Waals surface area contributed by atoms with E-state index in [0.717, 1.165) is 69.5 Å². The predicted molar refractivity (Wildman–Crippen MR) is 165 cm³/mol. The van der Waals surface area contributed by atoms with E-state index in [1.807, 2.05) is 26.8 Å². The van der Waals surface area contributed by atoms with E-state index in [2.05, 4.69) is 58.2 Å². The van der Waals surface area contributed by atoms with Crippen LogP contribution in [0.15, 0.2) is 60.7 Å². The van der Waals surface area contributed by atoms with E-state index in [4.69, 9.17) is 5.10 Å². The molecule has 5 rings (SSSR count). The molecular weight excluding hydrogens is 527 g/mol. The number of nitrogens with one attached hydrogen (secondary N) is 1. The molecule has 42 heavy (non-hydrogen) atoms. The first-order valence-electron chi connectivity index (χ1n) is 15.7. The number of rotatable bonds is 10. The molecular formula is C35H47FN4O2. The van der Waals surface area contributed by atoms with Crippen molar-refractivity contribution in [2.24, 2.45) is 11.3 Å². The second-order valence-electron chi connectivity index (χ2n) is 13.5. The number of aromatic nitrogens is 2. The molecule has 0 radical (unpaired) electrons. The molecule has 1 saturated carbocycles. The summed E-state index contributed by atoms with van der Waals surface area (Å²) in [5, 5.41) is 18.3. The van der Waals surface area contributed by atoms with E-state index in [1.54, 1.807) is 12.1 Å². The van der Waals surface area contributed by atoms with E-state index in [9.17, 15) is 14.3 Å². The van der Waals surface area contributed by atoms with Gasteiger partial charge in [0, 0.05) is 37.2 Å². The van der Waals surface area contributed by atoms with Gasteiger partial charge in [-0.25, -0.2) is 4.39 Å². The molecule has 2 heterocycles. The summed E-state index contributed by atoms with van der Waals surface area (Å²) >= 11 is 0. The molecule has 6 nitrogen and oxygen atoms in total. The van der Waals surface area contributed by atoms with Gasteiger partial charge in [-0.05, 0) is 92.3 Å². The third kappa shape index (κ3) is 7.30. The molecule has 0 spiro atoms. The molecule has 2 fully saturated rings. The van der Waals surface area contributed by atoms with E-state index >= 15 is 0 Å². The molecule has 1 saturated heterocycles. The fourth-order valence-corrected chi connectivity index (χ4v) is 7.24. The second-order valence-corrected chi connectivity index (χ2v) is 13.5. The molecule has 4 unspecified atom stereocenters. The van der Waals surface area contributed by atoms with Gasteiger partial charge in [0.25, 0.3) is 0 Å². The highest BCUT2D eigenvalue weighted by molar-refractivity contribution is 5.74. The highest BCUT2D eigenvalue weighted by Gasteiger charge is 2.41. The minimum absolute atomic E-state index is 0.0862. The van der Waals surface area contributed by atoms with Crippen molar-refractivity contribution in [1.29, 1.82) is 0 Å². The summed E-state index contributed by atoms with van der Waals surface area (Å²) in [6.45, 7) is 11.9. The SMILES string of the molecule is CCn1nc(Cc2ccccc2)cc1C1CCN(CC2CC(NC(C(=O)O)C(C)(C)C)CC2c2cccc(F)c2)CC1. The van der Waals surface area contributed by atoms with Crippen LogP contribution in [0.4, 0.5) is 4.39 Å². The van der Waals surface area contributed by atoms with Crippen LogP contribution in [0.5, 0.6) is 0 Å². The zero-order valence-corrected chi connectivity index (χ0v) is 25.6. The van der Waals surface area contributed by atoms with Crippen molar-refractivity contribution in [3.63, 3.8) is 0 Å². The van der Waals surface area contributed by atoms with Crippen molar-refractivity contribution in [1.82, 2.24) is 20.0 Å². The molecule has 1 aliphatic heterocycles. The number of carboxylic acid groups (broad SMARTS) is 1. The number of hydrogen-bond donors (Lipinski definition) is 2. The number of piperidine rings is 1. The molecule has 0 amide bonds. The lowest BCUT2D eigenvalue weighted by Gasteiger charge is -2.35. The third-order valence-electron chi connectivity index (χ3n) is 9.37. The first-order chi connectivity index (χ1) is 20.1. The summed E-state index contributed by atoms with van der Waals surface area (Å²) in [4.78, 5) is 14.7. The van der Waals surface area contributed by atoms with E-state index in [0.29, 0.717) is 11.8 Å². The van der Waals surface area contributed by atoms with Gasteiger partial charge in [0.15, 0.2) is 0 Å². The number of halogens is 1. The van der Waals surface area contributed by atoms with Crippen molar-refractivity contribution in [2.45, 2.75) is 90.3 Å². The summed E-state index contributed by atoms with van der Waals surface area (Å²) in [5.41, 5.74) is 4.41. The largest absolute Gasteiger partial charge is 0.480 e. The van der Waals surface area contributed by atoms with Crippen molar-refractivity contribution in [3.8, 4) is 0 Å². The highest BCUT2D eigenvalue weighted by Crippen LogP contribution is 2.42. The van der Waals surface area contributed by atoms with Gasteiger partial charge in [-0.2, -0.15) is 5.10 Å². The van der Waals surface area contributed by atoms with Crippen LogP contribution in [0, 0.1) is 17.2 Å². The lowest BCUT2D eigenvalue weighted by molar-refractivity contribution is -0.142. The molecule has 2 aliphatic rings. The van der Waals surface area contributed by atoms with Crippen LogP contribution in [0.3, 0.4) is 0 Å². The number of aliphatic carboxylic acids is 1. The van der Waals surface area contributed by atoms with Gasteiger partial charge in [0.05, 0.1) is 5.69 Å². The number of nitrogens with zero attached hydrogens (tertiary/aromatic N) is 3. The van der Waals surface area contributed by atoms with Gasteiger partial charge < -0.3 is 15.3 Å². The normalized spacial score (nSPS) is 22.8. The quantitative estimate of drug-likeness (QED) is 0.291. The van der Waals surface area contributed by atoms with Gasteiger partial charge in [-0.15, -0.1) is 0 Å². The Morgan fingerprint density at radius 1 is 1.07 bits per heavy atom. The number of benzene rings is 2. The van der Waals surface area contributed by atoms with Crippen molar-refractivity contribution >= 4 is 5.97 Å². The molecule has 2 N–H and O–H groups in total. The molecule has 3 aromatic rings. The van der Waals surface area contributed by atoms with Crippen LogP contribution < -0.4 is 5.32 Å². The lowest BCUT2D eigenvalue weighted by Crippen LogP contribution is -2.50. The molecule has 1 aliphatic carbocycles. The van der Waals surface area contributed by atoms with Crippen LogP contribution in [0.2, 0.25) is 0 Å². The topological polar surface area (TPSA) is 70.4 Å². The molecule has 2 aromatic carbocycles. The van der Waals surface area contributed by atoms with E-state index in [1.165, 1.54) is 17.3 Å². The minimum Gasteiger partial charge on any atom is -0.480 e. The summed E-state index contributed by atoms with van der Waals surface area (Å²) in [6.07, 6.45) is 4.77. The van der Waals surface area contributed by atoms with Gasteiger partial charge in [-0.3, -0.25) is 9.48 Å². The molecule has 226 valence electrons. The zero-order chi connectivity index (χ0) is 29.9. The average Bonchev–Trinajstić information content (AvgIpc) is 3.55. The van der Waals surface area contributed by atoms with E-state index < -0.39 is 17.4 Å². The Morgan fingerprint density at radius 3 is 2.45 bits per heavy atom. The Balaban J connectivity index is 1.25. The van der Waals surface area contributed by atoms with Crippen LogP contribution in [0.1, 0.15) is 87.7 Å². The Morgan fingerprint density at radius 2 is 1.81 bits per heavy atom. The third-order valence-corrected chi connectivity index (χ3v) is 9.37. The lowest BCUT2D eigenvalue weighted by atomic mass is 9.86. The summed E-state index contributed by atoms with van der Waals surface area (Å²) in [7, 11) is 0. The maximum Gasteiger partial charge on any atom is 0.321 e. The van der Waals surface area contributed by atoms with Crippen molar-refractivity contribution < 1.29 is 14.3 Å². The zero-order valence-electron chi connectivity index (χ0n) is 25.6. The highest BCUT2D eigenvalue weighted by atomic mass is 19.1. The van der Waals surface area contributed by atoms with Gasteiger partial charge in [-0.1, -0.05) is 63.2 Å². The minimum atomic E-state index is -0.812. The Labute approximate surface area is 250 Å².